The average Bonchev–Trinajstić information content (AvgIpc) is 2.73. The molecule has 2 aromatic rings. The summed E-state index contributed by atoms with van der Waals surface area (Å²) in [7, 11) is 0. The van der Waals surface area contributed by atoms with Crippen molar-refractivity contribution in [2.45, 2.75) is 0 Å². The maximum Gasteiger partial charge on any atom is 0.0922 e. The Bertz CT molecular complexity index is 505. The fourth-order valence-corrected chi connectivity index (χ4v) is 3.21. The Labute approximate surface area is 103 Å². The maximum absolute atomic E-state index is 5.98. The largest absolute Gasteiger partial charge is 0.378 e. The second-order valence-corrected chi connectivity index (χ2v) is 5.36. The van der Waals surface area contributed by atoms with Crippen LogP contribution in [-0.4, -0.2) is 26.3 Å². The van der Waals surface area contributed by atoms with E-state index in [2.05, 4.69) is 17.0 Å². The number of ether oxygens (including phenoxy) is 1. The molecule has 0 aliphatic carbocycles. The van der Waals surface area contributed by atoms with Crippen LogP contribution in [0.2, 0.25) is 5.02 Å². The molecular formula is C12H12ClNOS. The summed E-state index contributed by atoms with van der Waals surface area (Å²) in [5.41, 5.74) is 0. The number of fused-ring (bicyclic) bond motifs is 1. The van der Waals surface area contributed by atoms with Crippen LogP contribution in [0.1, 0.15) is 0 Å². The molecule has 1 aliphatic heterocycles. The van der Waals surface area contributed by atoms with Crippen molar-refractivity contribution in [3.05, 3.63) is 29.3 Å². The first-order valence-corrected chi connectivity index (χ1v) is 6.54. The molecule has 2 nitrogen and oxygen atoms in total. The van der Waals surface area contributed by atoms with Crippen LogP contribution in [0.5, 0.6) is 0 Å². The van der Waals surface area contributed by atoms with E-state index in [1.807, 2.05) is 23.5 Å². The molecule has 1 aliphatic rings. The summed E-state index contributed by atoms with van der Waals surface area (Å²) in [6.45, 7) is 3.63. The van der Waals surface area contributed by atoms with Crippen LogP contribution in [0.4, 0.5) is 5.00 Å². The van der Waals surface area contributed by atoms with Crippen LogP contribution in [-0.2, 0) is 4.74 Å². The Hall–Kier alpha value is -0.770. The van der Waals surface area contributed by atoms with Crippen LogP contribution in [0.15, 0.2) is 24.3 Å². The number of benzene rings is 1. The topological polar surface area (TPSA) is 12.5 Å². The van der Waals surface area contributed by atoms with Crippen LogP contribution < -0.4 is 4.90 Å². The standard InChI is InChI=1S/C12H12ClNOS/c13-10-1-2-11-9(7-10)8-12(16-11)14-3-5-15-6-4-14/h1-2,7-8H,3-6H2. The highest BCUT2D eigenvalue weighted by molar-refractivity contribution is 7.22. The normalized spacial score (nSPS) is 16.9. The number of anilines is 1. The summed E-state index contributed by atoms with van der Waals surface area (Å²) < 4.78 is 6.65. The third kappa shape index (κ3) is 1.90. The molecule has 2 heterocycles. The van der Waals surface area contributed by atoms with Gasteiger partial charge in [-0.1, -0.05) is 11.6 Å². The van der Waals surface area contributed by atoms with Gasteiger partial charge in [-0.05, 0) is 29.7 Å². The highest BCUT2D eigenvalue weighted by Crippen LogP contribution is 2.34. The van der Waals surface area contributed by atoms with E-state index in [-0.39, 0.29) is 0 Å². The van der Waals surface area contributed by atoms with Crippen LogP contribution in [0.3, 0.4) is 0 Å². The first kappa shape index (κ1) is 10.4. The lowest BCUT2D eigenvalue weighted by Crippen LogP contribution is -2.35. The Balaban J connectivity index is 1.97. The second-order valence-electron chi connectivity index (χ2n) is 3.87. The number of hydrogen-bond acceptors (Lipinski definition) is 3. The van der Waals surface area contributed by atoms with E-state index in [1.54, 1.807) is 0 Å². The van der Waals surface area contributed by atoms with Crippen LogP contribution in [0.25, 0.3) is 10.1 Å². The molecule has 0 amide bonds. The molecule has 0 atom stereocenters. The molecule has 3 rings (SSSR count). The Morgan fingerprint density at radius 2 is 2.00 bits per heavy atom. The molecule has 0 N–H and O–H groups in total. The van der Waals surface area contributed by atoms with Gasteiger partial charge < -0.3 is 9.64 Å². The molecular weight excluding hydrogens is 242 g/mol. The zero-order chi connectivity index (χ0) is 11.0. The molecule has 0 radical (unpaired) electrons. The Kier molecular flexibility index (Phi) is 2.75. The quantitative estimate of drug-likeness (QED) is 0.773. The fraction of sp³-hybridized carbons (Fsp3) is 0.333. The van der Waals surface area contributed by atoms with E-state index in [0.717, 1.165) is 31.3 Å². The van der Waals surface area contributed by atoms with E-state index < -0.39 is 0 Å². The average molecular weight is 254 g/mol. The fourth-order valence-electron chi connectivity index (χ4n) is 1.94. The van der Waals surface area contributed by atoms with Crippen molar-refractivity contribution in [2.75, 3.05) is 31.2 Å². The summed E-state index contributed by atoms with van der Waals surface area (Å²) in [5.74, 6) is 0. The minimum Gasteiger partial charge on any atom is -0.378 e. The van der Waals surface area contributed by atoms with Gasteiger partial charge in [0.2, 0.25) is 0 Å². The van der Waals surface area contributed by atoms with Crippen molar-refractivity contribution >= 4 is 38.0 Å². The Morgan fingerprint density at radius 3 is 2.81 bits per heavy atom. The smallest absolute Gasteiger partial charge is 0.0922 e. The zero-order valence-electron chi connectivity index (χ0n) is 8.78. The first-order chi connectivity index (χ1) is 7.83. The monoisotopic (exact) mass is 253 g/mol. The predicted molar refractivity (Wildman–Crippen MR) is 69.9 cm³/mol. The van der Waals surface area contributed by atoms with E-state index >= 15 is 0 Å². The van der Waals surface area contributed by atoms with Gasteiger partial charge in [0.25, 0.3) is 0 Å². The van der Waals surface area contributed by atoms with Crippen molar-refractivity contribution in [2.24, 2.45) is 0 Å². The van der Waals surface area contributed by atoms with Crippen molar-refractivity contribution in [3.8, 4) is 0 Å². The van der Waals surface area contributed by atoms with E-state index in [9.17, 15) is 0 Å². The summed E-state index contributed by atoms with van der Waals surface area (Å²) in [6.07, 6.45) is 0. The molecule has 1 saturated heterocycles. The van der Waals surface area contributed by atoms with Gasteiger partial charge in [0.05, 0.1) is 18.2 Å². The van der Waals surface area contributed by atoms with Gasteiger partial charge in [0, 0.05) is 22.8 Å². The maximum atomic E-state index is 5.98. The molecule has 4 heteroatoms. The SMILES string of the molecule is Clc1ccc2sc(N3CCOCC3)cc2c1. The van der Waals surface area contributed by atoms with E-state index in [4.69, 9.17) is 16.3 Å². The van der Waals surface area contributed by atoms with Gasteiger partial charge in [-0.2, -0.15) is 0 Å². The third-order valence-electron chi connectivity index (χ3n) is 2.79. The van der Waals surface area contributed by atoms with Gasteiger partial charge in [-0.25, -0.2) is 0 Å². The first-order valence-electron chi connectivity index (χ1n) is 5.35. The summed E-state index contributed by atoms with van der Waals surface area (Å²) in [5, 5.41) is 3.36. The molecule has 1 fully saturated rings. The number of nitrogens with zero attached hydrogens (tertiary/aromatic N) is 1. The molecule has 1 aromatic carbocycles. The summed E-state index contributed by atoms with van der Waals surface area (Å²) in [6, 6.07) is 8.28. The molecule has 0 spiro atoms. The third-order valence-corrected chi connectivity index (χ3v) is 4.20. The van der Waals surface area contributed by atoms with Gasteiger partial charge in [0.15, 0.2) is 0 Å². The van der Waals surface area contributed by atoms with E-state index in [1.165, 1.54) is 15.1 Å². The molecule has 84 valence electrons. The number of rotatable bonds is 1. The van der Waals surface area contributed by atoms with Crippen molar-refractivity contribution in [3.63, 3.8) is 0 Å². The lowest BCUT2D eigenvalue weighted by molar-refractivity contribution is 0.123. The number of morpholine rings is 1. The Morgan fingerprint density at radius 1 is 1.19 bits per heavy atom. The second kappa shape index (κ2) is 4.24. The molecule has 1 aromatic heterocycles. The minimum absolute atomic E-state index is 0.804. The molecule has 16 heavy (non-hydrogen) atoms. The van der Waals surface area contributed by atoms with Crippen LogP contribution in [0, 0.1) is 0 Å². The number of thiophene rings is 1. The zero-order valence-corrected chi connectivity index (χ0v) is 10.4. The van der Waals surface area contributed by atoms with E-state index in [0.29, 0.717) is 0 Å². The van der Waals surface area contributed by atoms with Gasteiger partial charge in [0.1, 0.15) is 0 Å². The van der Waals surface area contributed by atoms with Crippen molar-refractivity contribution in [1.29, 1.82) is 0 Å². The lowest BCUT2D eigenvalue weighted by atomic mass is 10.2. The minimum atomic E-state index is 0.804. The van der Waals surface area contributed by atoms with Gasteiger partial charge >= 0.3 is 0 Å². The van der Waals surface area contributed by atoms with Gasteiger partial charge in [-0.15, -0.1) is 11.3 Å². The summed E-state index contributed by atoms with van der Waals surface area (Å²) >= 11 is 7.81. The van der Waals surface area contributed by atoms with Gasteiger partial charge in [-0.3, -0.25) is 0 Å². The highest BCUT2D eigenvalue weighted by atomic mass is 35.5. The lowest BCUT2D eigenvalue weighted by Gasteiger charge is -2.27. The number of halogens is 1. The number of hydrogen-bond donors (Lipinski definition) is 0. The predicted octanol–water partition coefficient (Wildman–Crippen LogP) is 3.39. The molecule has 0 bridgehead atoms. The van der Waals surface area contributed by atoms with Crippen LogP contribution >= 0.6 is 22.9 Å². The van der Waals surface area contributed by atoms with Crippen molar-refractivity contribution < 1.29 is 4.74 Å². The highest BCUT2D eigenvalue weighted by Gasteiger charge is 2.13. The molecule has 0 saturated carbocycles. The van der Waals surface area contributed by atoms with Crippen molar-refractivity contribution in [1.82, 2.24) is 0 Å². The summed E-state index contributed by atoms with van der Waals surface area (Å²) in [4.78, 5) is 2.38. The molecule has 0 unspecified atom stereocenters.